The van der Waals surface area contributed by atoms with Crippen LogP contribution in [-0.2, 0) is 9.59 Å². The third-order valence-electron chi connectivity index (χ3n) is 2.71. The predicted molar refractivity (Wildman–Crippen MR) is 67.0 cm³/mol. The van der Waals surface area contributed by atoms with Crippen LogP contribution in [0.25, 0.3) is 0 Å². The number of hydrogen-bond acceptors (Lipinski definition) is 5. The maximum Gasteiger partial charge on any atom is 0.326 e. The Balaban J connectivity index is 3.07. The van der Waals surface area contributed by atoms with Crippen molar-refractivity contribution in [3.8, 4) is 0 Å². The quantitative estimate of drug-likeness (QED) is 0.512. The van der Waals surface area contributed by atoms with Gasteiger partial charge in [0.15, 0.2) is 0 Å². The maximum atomic E-state index is 12.0. The van der Waals surface area contributed by atoms with Gasteiger partial charge >= 0.3 is 5.97 Å². The molecular weight excluding hydrogens is 268 g/mol. The van der Waals surface area contributed by atoms with Gasteiger partial charge in [0, 0.05) is 0 Å². The predicted octanol–water partition coefficient (Wildman–Crippen LogP) is -1.55. The lowest BCUT2D eigenvalue weighted by Crippen LogP contribution is -2.45. The highest BCUT2D eigenvalue weighted by Gasteiger charge is 2.25. The highest BCUT2D eigenvalue weighted by Crippen LogP contribution is 2.05. The number of carbonyl (C=O) groups is 3. The smallest absolute Gasteiger partial charge is 0.326 e. The monoisotopic (exact) mass is 282 g/mol. The summed E-state index contributed by atoms with van der Waals surface area (Å²) >= 11 is 0. The molecule has 20 heavy (non-hydrogen) atoms. The molecule has 9 nitrogen and oxygen atoms in total. The van der Waals surface area contributed by atoms with E-state index in [-0.39, 0.29) is 5.56 Å². The van der Waals surface area contributed by atoms with Gasteiger partial charge in [0.25, 0.3) is 11.5 Å². The molecule has 0 bridgehead atoms. The summed E-state index contributed by atoms with van der Waals surface area (Å²) in [7, 11) is 0. The van der Waals surface area contributed by atoms with Crippen molar-refractivity contribution >= 4 is 17.8 Å². The van der Waals surface area contributed by atoms with Gasteiger partial charge in [-0.1, -0.05) is 0 Å². The fourth-order valence-electron chi connectivity index (χ4n) is 1.53. The van der Waals surface area contributed by atoms with Crippen molar-refractivity contribution in [1.82, 2.24) is 15.5 Å². The molecule has 0 saturated heterocycles. The number of nitrogens with one attached hydrogen (secondary N) is 2. The van der Waals surface area contributed by atoms with Gasteiger partial charge in [-0.2, -0.15) is 5.10 Å². The average molecular weight is 282 g/mol. The number of nitrogens with two attached hydrogens (primary N) is 1. The van der Waals surface area contributed by atoms with Crippen molar-refractivity contribution in [2.24, 2.45) is 5.73 Å². The lowest BCUT2D eigenvalue weighted by Gasteiger charge is -2.13. The lowest BCUT2D eigenvalue weighted by atomic mass is 10.1. The highest BCUT2D eigenvalue weighted by atomic mass is 16.4. The molecule has 0 radical (unpaired) electrons. The van der Waals surface area contributed by atoms with Crippen molar-refractivity contribution in [3.05, 3.63) is 27.2 Å². The summed E-state index contributed by atoms with van der Waals surface area (Å²) < 4.78 is 0. The van der Waals surface area contributed by atoms with Crippen LogP contribution in [0.4, 0.5) is 0 Å². The molecule has 9 heteroatoms. The number of aliphatic carboxylic acids is 1. The van der Waals surface area contributed by atoms with Crippen LogP contribution in [0.3, 0.4) is 0 Å². The summed E-state index contributed by atoms with van der Waals surface area (Å²) in [6.45, 7) is 3.09. The van der Waals surface area contributed by atoms with E-state index in [1.165, 1.54) is 6.92 Å². The Morgan fingerprint density at radius 3 is 2.50 bits per heavy atom. The molecule has 0 aliphatic heterocycles. The van der Waals surface area contributed by atoms with Crippen molar-refractivity contribution in [2.45, 2.75) is 26.3 Å². The fraction of sp³-hybridized carbons (Fsp3) is 0.364. The second-order valence-corrected chi connectivity index (χ2v) is 4.17. The van der Waals surface area contributed by atoms with Crippen molar-refractivity contribution in [3.63, 3.8) is 0 Å². The number of aryl methyl sites for hydroxylation is 1. The van der Waals surface area contributed by atoms with E-state index in [1.54, 1.807) is 6.92 Å². The van der Waals surface area contributed by atoms with E-state index in [0.29, 0.717) is 11.3 Å². The molecule has 0 fully saturated rings. The molecule has 1 heterocycles. The van der Waals surface area contributed by atoms with Crippen molar-refractivity contribution < 1.29 is 19.5 Å². The van der Waals surface area contributed by atoms with E-state index >= 15 is 0 Å². The van der Waals surface area contributed by atoms with E-state index in [0.717, 1.165) is 0 Å². The van der Waals surface area contributed by atoms with E-state index in [9.17, 15) is 19.2 Å². The van der Waals surface area contributed by atoms with Crippen molar-refractivity contribution in [1.29, 1.82) is 0 Å². The molecule has 2 amide bonds. The number of rotatable bonds is 5. The topological polar surface area (TPSA) is 155 Å². The molecule has 0 aliphatic carbocycles. The van der Waals surface area contributed by atoms with Gasteiger partial charge in [-0.25, -0.2) is 9.89 Å². The van der Waals surface area contributed by atoms with Gasteiger partial charge in [-0.05, 0) is 19.4 Å². The minimum absolute atomic E-state index is 0.242. The minimum Gasteiger partial charge on any atom is -0.480 e. The Morgan fingerprint density at radius 2 is 2.00 bits per heavy atom. The number of amides is 2. The number of aromatic amines is 1. The summed E-state index contributed by atoms with van der Waals surface area (Å²) in [6.07, 6.45) is -0.567. The van der Waals surface area contributed by atoms with Crippen LogP contribution in [0.15, 0.2) is 4.79 Å². The number of hydrogen-bond donors (Lipinski definition) is 4. The first-order chi connectivity index (χ1) is 9.23. The highest BCUT2D eigenvalue weighted by molar-refractivity contribution is 5.98. The molecule has 1 atom stereocenters. The number of carboxylic acid groups (broad SMARTS) is 1. The second kappa shape index (κ2) is 5.95. The summed E-state index contributed by atoms with van der Waals surface area (Å²) in [5.74, 6) is -3.20. The first-order valence-corrected chi connectivity index (χ1v) is 5.62. The normalized spacial score (nSPS) is 11.7. The fourth-order valence-corrected chi connectivity index (χ4v) is 1.53. The number of carboxylic acids is 1. The standard InChI is InChI=1S/C11H14N4O5/c1-4-5(2)14-15-10(18)8(4)9(17)13-6(11(19)20)3-7(12)16/h6H,3H2,1-2H3,(H2,12,16)(H,13,17)(H,15,18)(H,19,20)/t6-/m0/s1. The zero-order chi connectivity index (χ0) is 15.4. The number of carbonyl (C=O) groups excluding carboxylic acids is 2. The van der Waals surface area contributed by atoms with Crippen molar-refractivity contribution in [2.75, 3.05) is 0 Å². The third kappa shape index (κ3) is 3.40. The van der Waals surface area contributed by atoms with E-state index in [2.05, 4.69) is 15.5 Å². The summed E-state index contributed by atoms with van der Waals surface area (Å²) in [4.78, 5) is 45.2. The maximum absolute atomic E-state index is 12.0. The Morgan fingerprint density at radius 1 is 1.40 bits per heavy atom. The average Bonchev–Trinajstić information content (AvgIpc) is 2.33. The van der Waals surface area contributed by atoms with Crippen LogP contribution in [0, 0.1) is 13.8 Å². The minimum atomic E-state index is -1.49. The molecule has 1 rings (SSSR count). The zero-order valence-electron chi connectivity index (χ0n) is 10.9. The Kier molecular flexibility index (Phi) is 4.57. The SMILES string of the molecule is Cc1n[nH]c(=O)c(C(=O)N[C@@H](CC(N)=O)C(=O)O)c1C. The third-order valence-corrected chi connectivity index (χ3v) is 2.71. The lowest BCUT2D eigenvalue weighted by molar-refractivity contribution is -0.140. The van der Waals surface area contributed by atoms with Gasteiger partial charge in [0.05, 0.1) is 12.1 Å². The molecule has 5 N–H and O–H groups in total. The molecule has 108 valence electrons. The number of aromatic nitrogens is 2. The van der Waals surface area contributed by atoms with E-state index in [4.69, 9.17) is 10.8 Å². The van der Waals surface area contributed by atoms with Crippen LogP contribution in [0.5, 0.6) is 0 Å². The number of primary amides is 1. The Bertz CT molecular complexity index is 622. The molecule has 0 spiro atoms. The van der Waals surface area contributed by atoms with Gasteiger partial charge < -0.3 is 16.2 Å². The van der Waals surface area contributed by atoms with Crippen LogP contribution < -0.4 is 16.6 Å². The summed E-state index contributed by atoms with van der Waals surface area (Å²) in [5, 5.41) is 16.8. The molecule has 1 aromatic heterocycles. The molecule has 0 unspecified atom stereocenters. The molecule has 1 aromatic rings. The van der Waals surface area contributed by atoms with Gasteiger partial charge in [-0.15, -0.1) is 0 Å². The Labute approximate surface area is 113 Å². The van der Waals surface area contributed by atoms with Crippen LogP contribution >= 0.6 is 0 Å². The van der Waals surface area contributed by atoms with Crippen LogP contribution in [0.1, 0.15) is 28.0 Å². The number of nitrogens with zero attached hydrogens (tertiary/aromatic N) is 1. The van der Waals surface area contributed by atoms with E-state index < -0.39 is 35.8 Å². The van der Waals surface area contributed by atoms with Gasteiger partial charge in [-0.3, -0.25) is 14.4 Å². The molecule has 0 saturated carbocycles. The summed E-state index contributed by atoms with van der Waals surface area (Å²) in [6, 6.07) is -1.49. The Hall–Kier alpha value is -2.71. The molecule has 0 aliphatic rings. The second-order valence-electron chi connectivity index (χ2n) is 4.17. The number of H-pyrrole nitrogens is 1. The van der Waals surface area contributed by atoms with E-state index in [1.807, 2.05) is 0 Å². The molecule has 0 aromatic carbocycles. The first-order valence-electron chi connectivity index (χ1n) is 5.62. The van der Waals surface area contributed by atoms with Crippen LogP contribution in [-0.4, -0.2) is 39.1 Å². The van der Waals surface area contributed by atoms with Gasteiger partial charge in [0.1, 0.15) is 11.6 Å². The zero-order valence-corrected chi connectivity index (χ0v) is 10.9. The van der Waals surface area contributed by atoms with Gasteiger partial charge in [0.2, 0.25) is 5.91 Å². The largest absolute Gasteiger partial charge is 0.480 e. The first kappa shape index (κ1) is 15.3. The summed E-state index contributed by atoms with van der Waals surface area (Å²) in [5.41, 5.74) is 4.67. The molecular formula is C11H14N4O5. The van der Waals surface area contributed by atoms with Crippen LogP contribution in [0.2, 0.25) is 0 Å².